The number of hydrogen-bond donors (Lipinski definition) is 0. The van der Waals surface area contributed by atoms with Gasteiger partial charge in [-0.15, -0.1) is 0 Å². The molecule has 6 nitrogen and oxygen atoms in total. The van der Waals surface area contributed by atoms with Crippen molar-refractivity contribution in [3.05, 3.63) is 53.3 Å². The van der Waals surface area contributed by atoms with Crippen LogP contribution < -0.4 is 4.90 Å². The van der Waals surface area contributed by atoms with Crippen LogP contribution in [0.25, 0.3) is 0 Å². The summed E-state index contributed by atoms with van der Waals surface area (Å²) in [6.07, 6.45) is 4.82. The molecule has 2 heterocycles. The van der Waals surface area contributed by atoms with Crippen LogP contribution in [-0.2, 0) is 6.42 Å². The van der Waals surface area contributed by atoms with Crippen molar-refractivity contribution in [3.63, 3.8) is 0 Å². The van der Waals surface area contributed by atoms with Gasteiger partial charge in [0.2, 0.25) is 5.95 Å². The van der Waals surface area contributed by atoms with E-state index in [4.69, 9.17) is 0 Å². The van der Waals surface area contributed by atoms with Crippen LogP contribution in [0.3, 0.4) is 0 Å². The van der Waals surface area contributed by atoms with Gasteiger partial charge in [0, 0.05) is 33.4 Å². The summed E-state index contributed by atoms with van der Waals surface area (Å²) in [4.78, 5) is 28.6. The first-order valence-electron chi connectivity index (χ1n) is 10.5. The minimum atomic E-state index is 0.0441. The van der Waals surface area contributed by atoms with Crippen LogP contribution in [-0.4, -0.2) is 73.0 Å². The zero-order valence-corrected chi connectivity index (χ0v) is 18.1. The van der Waals surface area contributed by atoms with E-state index in [0.717, 1.165) is 44.6 Å². The lowest BCUT2D eigenvalue weighted by Crippen LogP contribution is -2.41. The number of carbonyl (C=O) groups excluding carboxylic acids is 1. The minimum absolute atomic E-state index is 0.0441. The molecule has 156 valence electrons. The van der Waals surface area contributed by atoms with Crippen LogP contribution >= 0.6 is 0 Å². The second-order valence-electron chi connectivity index (χ2n) is 8.30. The molecular weight excluding hydrogens is 362 g/mol. The van der Waals surface area contributed by atoms with Gasteiger partial charge in [0.15, 0.2) is 0 Å². The molecule has 29 heavy (non-hydrogen) atoms. The quantitative estimate of drug-likeness (QED) is 0.722. The van der Waals surface area contributed by atoms with Crippen LogP contribution in [0.2, 0.25) is 0 Å². The first-order valence-corrected chi connectivity index (χ1v) is 10.5. The number of nitrogens with zero attached hydrogens (tertiary/aromatic N) is 5. The van der Waals surface area contributed by atoms with E-state index in [9.17, 15) is 4.79 Å². The summed E-state index contributed by atoms with van der Waals surface area (Å²) < 4.78 is 0. The normalized spacial score (nSPS) is 15.3. The Balaban J connectivity index is 1.76. The van der Waals surface area contributed by atoms with Gasteiger partial charge in [0.05, 0.1) is 11.3 Å². The Labute approximate surface area is 174 Å². The Morgan fingerprint density at radius 3 is 2.48 bits per heavy atom. The highest BCUT2D eigenvalue weighted by molar-refractivity contribution is 5.95. The van der Waals surface area contributed by atoms with Crippen LogP contribution in [0.1, 0.15) is 34.5 Å². The summed E-state index contributed by atoms with van der Waals surface area (Å²) in [6, 6.07) is 10.4. The molecule has 0 bridgehead atoms. The molecule has 0 unspecified atom stereocenters. The Morgan fingerprint density at radius 1 is 1.17 bits per heavy atom. The second-order valence-corrected chi connectivity index (χ2v) is 8.30. The predicted molar refractivity (Wildman–Crippen MR) is 117 cm³/mol. The summed E-state index contributed by atoms with van der Waals surface area (Å²) in [6.45, 7) is 5.61. The van der Waals surface area contributed by atoms with Crippen molar-refractivity contribution < 1.29 is 4.79 Å². The van der Waals surface area contributed by atoms with Crippen molar-refractivity contribution in [1.82, 2.24) is 19.8 Å². The smallest absolute Gasteiger partial charge is 0.257 e. The fourth-order valence-electron chi connectivity index (χ4n) is 3.79. The summed E-state index contributed by atoms with van der Waals surface area (Å²) in [5, 5.41) is 0. The van der Waals surface area contributed by atoms with E-state index in [1.165, 1.54) is 5.56 Å². The topological polar surface area (TPSA) is 52.6 Å². The summed E-state index contributed by atoms with van der Waals surface area (Å²) in [7, 11) is 5.98. The molecule has 2 aromatic rings. The van der Waals surface area contributed by atoms with Gasteiger partial charge in [-0.3, -0.25) is 4.79 Å². The fourth-order valence-corrected chi connectivity index (χ4v) is 3.79. The number of hydrogen-bond acceptors (Lipinski definition) is 5. The van der Waals surface area contributed by atoms with E-state index < -0.39 is 0 Å². The van der Waals surface area contributed by atoms with Crippen LogP contribution in [0.4, 0.5) is 5.95 Å². The minimum Gasteiger partial charge on any atom is -0.347 e. The maximum atomic E-state index is 13.4. The number of aryl methyl sites for hydroxylation is 1. The number of aromatic nitrogens is 2. The summed E-state index contributed by atoms with van der Waals surface area (Å²) in [5.41, 5.74) is 2.60. The van der Waals surface area contributed by atoms with Gasteiger partial charge in [-0.2, -0.15) is 0 Å². The molecule has 3 rings (SSSR count). The molecule has 6 heteroatoms. The van der Waals surface area contributed by atoms with E-state index in [0.29, 0.717) is 24.0 Å². The molecule has 1 fully saturated rings. The number of benzene rings is 1. The van der Waals surface area contributed by atoms with E-state index in [2.05, 4.69) is 46.2 Å². The third-order valence-electron chi connectivity index (χ3n) is 5.71. The van der Waals surface area contributed by atoms with Gasteiger partial charge in [-0.1, -0.05) is 30.3 Å². The maximum absolute atomic E-state index is 13.4. The predicted octanol–water partition coefficient (Wildman–Crippen LogP) is 2.88. The highest BCUT2D eigenvalue weighted by Gasteiger charge is 2.25. The Morgan fingerprint density at radius 2 is 1.86 bits per heavy atom. The second kappa shape index (κ2) is 9.83. The van der Waals surface area contributed by atoms with Gasteiger partial charge in [0.1, 0.15) is 0 Å². The Kier molecular flexibility index (Phi) is 7.20. The van der Waals surface area contributed by atoms with Crippen molar-refractivity contribution in [1.29, 1.82) is 0 Å². The lowest BCUT2D eigenvalue weighted by Gasteiger charge is -2.33. The lowest BCUT2D eigenvalue weighted by molar-refractivity contribution is 0.0699. The number of piperidine rings is 1. The Bertz CT molecular complexity index is 800. The van der Waals surface area contributed by atoms with Crippen LogP contribution in [0, 0.1) is 12.8 Å². The van der Waals surface area contributed by atoms with Crippen molar-refractivity contribution in [2.45, 2.75) is 26.2 Å². The zero-order valence-electron chi connectivity index (χ0n) is 18.1. The third kappa shape index (κ3) is 5.76. The monoisotopic (exact) mass is 395 g/mol. The number of anilines is 1. The van der Waals surface area contributed by atoms with E-state index >= 15 is 0 Å². The largest absolute Gasteiger partial charge is 0.347 e. The molecule has 0 radical (unpaired) electrons. The number of rotatable bonds is 7. The van der Waals surface area contributed by atoms with E-state index in [1.807, 2.05) is 36.9 Å². The molecule has 1 aromatic heterocycles. The van der Waals surface area contributed by atoms with Crippen molar-refractivity contribution in [3.8, 4) is 0 Å². The molecular formula is C23H33N5O. The lowest BCUT2D eigenvalue weighted by atomic mass is 9.96. The van der Waals surface area contributed by atoms with E-state index in [1.54, 1.807) is 6.20 Å². The first-order chi connectivity index (χ1) is 13.9. The van der Waals surface area contributed by atoms with Gasteiger partial charge >= 0.3 is 0 Å². The number of carbonyl (C=O) groups is 1. The summed E-state index contributed by atoms with van der Waals surface area (Å²) in [5.74, 6) is 1.22. The average Bonchev–Trinajstić information content (AvgIpc) is 2.72. The molecule has 0 N–H and O–H groups in total. The molecule has 1 saturated heterocycles. The molecule has 1 amide bonds. The van der Waals surface area contributed by atoms with Gasteiger partial charge < -0.3 is 14.7 Å². The van der Waals surface area contributed by atoms with Crippen molar-refractivity contribution >= 4 is 11.9 Å². The highest BCUT2D eigenvalue weighted by atomic mass is 16.2. The van der Waals surface area contributed by atoms with Crippen molar-refractivity contribution in [2.24, 2.45) is 5.92 Å². The third-order valence-corrected chi connectivity index (χ3v) is 5.71. The molecule has 0 saturated carbocycles. The zero-order chi connectivity index (χ0) is 20.8. The molecule has 1 aliphatic rings. The molecule has 0 spiro atoms. The number of likely N-dealkylation sites (tertiary alicyclic amines) is 1. The number of amides is 1. The maximum Gasteiger partial charge on any atom is 0.257 e. The van der Waals surface area contributed by atoms with Gasteiger partial charge in [-0.05, 0) is 57.8 Å². The molecule has 0 atom stereocenters. The molecule has 0 aliphatic carbocycles. The van der Waals surface area contributed by atoms with Crippen LogP contribution in [0.15, 0.2) is 36.5 Å². The average molecular weight is 396 g/mol. The van der Waals surface area contributed by atoms with E-state index in [-0.39, 0.29) is 5.91 Å². The summed E-state index contributed by atoms with van der Waals surface area (Å²) >= 11 is 0. The van der Waals surface area contributed by atoms with Gasteiger partial charge in [0.25, 0.3) is 5.91 Å². The molecule has 1 aliphatic heterocycles. The molecule has 1 aromatic carbocycles. The SMILES string of the molecule is Cc1nc(N(C)C)ncc1C(=O)N(CCc1ccccc1)CC1CCN(C)CC1. The van der Waals surface area contributed by atoms with Gasteiger partial charge in [-0.25, -0.2) is 9.97 Å². The standard InChI is InChI=1S/C23H33N5O/c1-18-21(16-24-23(25-18)26(2)3)22(29)28(15-12-19-8-6-5-7-9-19)17-20-10-13-27(4)14-11-20/h5-9,16,20H,10-15,17H2,1-4H3. The highest BCUT2D eigenvalue weighted by Crippen LogP contribution is 2.20. The first kappa shape index (κ1) is 21.2. The Hall–Kier alpha value is -2.47. The van der Waals surface area contributed by atoms with Crippen molar-refractivity contribution in [2.75, 3.05) is 52.2 Å². The van der Waals surface area contributed by atoms with Crippen LogP contribution in [0.5, 0.6) is 0 Å². The fraction of sp³-hybridized carbons (Fsp3) is 0.522.